The largest absolute Gasteiger partial charge is 0.419 e. The summed E-state index contributed by atoms with van der Waals surface area (Å²) in [4.78, 5) is 18.0. The van der Waals surface area contributed by atoms with Crippen LogP contribution in [-0.2, 0) is 11.0 Å². The van der Waals surface area contributed by atoms with E-state index in [1.54, 1.807) is 5.48 Å². The van der Waals surface area contributed by atoms with Crippen molar-refractivity contribution in [1.82, 2.24) is 20.7 Å². The molecule has 3 rings (SSSR count). The highest BCUT2D eigenvalue weighted by Gasteiger charge is 2.45. The number of Topliss-reactive ketones (excluding diaryl/α,β-unsaturated/α-hetero) is 1. The number of likely N-dealkylation sites (N-methyl/N-ethyl adjacent to an activating group) is 1. The molecule has 0 spiro atoms. The number of hydroxylamine groups is 1. The van der Waals surface area contributed by atoms with Crippen LogP contribution >= 0.6 is 11.8 Å². The number of aromatic nitrogens is 2. The molecule has 180 valence electrons. The fraction of sp³-hybridized carbons (Fsp3) is 0.474. The Balaban J connectivity index is 1.63. The van der Waals surface area contributed by atoms with Gasteiger partial charge in [0.15, 0.2) is 22.3 Å². The number of hydrogen-bond acceptors (Lipinski definition) is 9. The summed E-state index contributed by atoms with van der Waals surface area (Å²) < 4.78 is 56.9. The number of likely N-dealkylation sites (tertiary alicyclic amines) is 1. The lowest BCUT2D eigenvalue weighted by Gasteiger charge is -2.44. The van der Waals surface area contributed by atoms with E-state index in [0.717, 1.165) is 24.4 Å². The van der Waals surface area contributed by atoms with Gasteiger partial charge in [0.25, 0.3) is 0 Å². The van der Waals surface area contributed by atoms with Crippen molar-refractivity contribution in [2.45, 2.75) is 36.6 Å². The van der Waals surface area contributed by atoms with Crippen molar-refractivity contribution in [2.75, 3.05) is 25.4 Å². The number of carbonyl (C=O) groups is 1. The standard InChI is InChI=1S/C19H21F4N5O4S/c1-2-28-9-18(30,10-28)14(29)4-3-7-33-17-15(26-32-27-17)16(25-31)24-11-5-6-13(20)12(8-11)19(21,22)23/h5-6,8,30-31H,2-4,7,9-10H2,1H3,(H,24,25). The van der Waals surface area contributed by atoms with E-state index in [1.807, 2.05) is 11.8 Å². The number of benzene rings is 1. The third kappa shape index (κ3) is 5.88. The topological polar surface area (TPSA) is 124 Å². The van der Waals surface area contributed by atoms with Gasteiger partial charge in [0.1, 0.15) is 11.4 Å². The molecule has 1 fully saturated rings. The zero-order valence-electron chi connectivity index (χ0n) is 17.4. The smallest absolute Gasteiger partial charge is 0.379 e. The van der Waals surface area contributed by atoms with Crippen LogP contribution in [0.2, 0.25) is 0 Å². The van der Waals surface area contributed by atoms with Crippen molar-refractivity contribution in [3.8, 4) is 0 Å². The average molecular weight is 491 g/mol. The molecule has 2 heterocycles. The van der Waals surface area contributed by atoms with Crippen LogP contribution < -0.4 is 5.48 Å². The average Bonchev–Trinajstić information content (AvgIpc) is 3.21. The van der Waals surface area contributed by atoms with Gasteiger partial charge in [-0.3, -0.25) is 20.4 Å². The molecular weight excluding hydrogens is 470 g/mol. The van der Waals surface area contributed by atoms with Crippen LogP contribution in [-0.4, -0.2) is 68.1 Å². The number of thioether (sulfide) groups is 1. The van der Waals surface area contributed by atoms with Gasteiger partial charge in [-0.2, -0.15) is 13.2 Å². The van der Waals surface area contributed by atoms with Crippen LogP contribution in [0, 0.1) is 5.82 Å². The van der Waals surface area contributed by atoms with Crippen molar-refractivity contribution in [3.05, 3.63) is 35.3 Å². The number of β-amino-alcohol motifs (C(OH)–C–C–N with tert-alkyl or cyclic N) is 1. The first-order chi connectivity index (χ1) is 15.6. The fourth-order valence-corrected chi connectivity index (χ4v) is 4.05. The molecule has 1 saturated heterocycles. The Kier molecular flexibility index (Phi) is 7.72. The third-order valence-electron chi connectivity index (χ3n) is 5.01. The Morgan fingerprint density at radius 2 is 2.09 bits per heavy atom. The van der Waals surface area contributed by atoms with E-state index in [2.05, 4.69) is 19.9 Å². The highest BCUT2D eigenvalue weighted by molar-refractivity contribution is 7.99. The second kappa shape index (κ2) is 10.2. The van der Waals surface area contributed by atoms with E-state index >= 15 is 0 Å². The summed E-state index contributed by atoms with van der Waals surface area (Å²) in [5.74, 6) is -1.68. The zero-order chi connectivity index (χ0) is 24.2. The molecular formula is C19H21F4N5O4S. The highest BCUT2D eigenvalue weighted by Crippen LogP contribution is 2.34. The molecule has 0 amide bonds. The number of nitrogens with zero attached hydrogens (tertiary/aromatic N) is 4. The number of halogens is 4. The number of rotatable bonds is 9. The van der Waals surface area contributed by atoms with Crippen molar-refractivity contribution < 1.29 is 37.3 Å². The highest BCUT2D eigenvalue weighted by atomic mass is 32.2. The van der Waals surface area contributed by atoms with Gasteiger partial charge in [0, 0.05) is 25.3 Å². The number of hydrogen-bond donors (Lipinski definition) is 3. The van der Waals surface area contributed by atoms with Crippen molar-refractivity contribution >= 4 is 29.1 Å². The minimum atomic E-state index is -4.92. The molecule has 14 heteroatoms. The molecule has 0 atom stereocenters. The van der Waals surface area contributed by atoms with Crippen LogP contribution in [0.15, 0.2) is 32.8 Å². The van der Waals surface area contributed by atoms with Gasteiger partial charge in [-0.05, 0) is 41.5 Å². The first kappa shape index (κ1) is 25.1. The summed E-state index contributed by atoms with van der Waals surface area (Å²) in [6, 6.07) is 2.10. The molecule has 0 bridgehead atoms. The zero-order valence-corrected chi connectivity index (χ0v) is 18.2. The van der Waals surface area contributed by atoms with E-state index in [4.69, 9.17) is 0 Å². The molecule has 0 radical (unpaired) electrons. The lowest BCUT2D eigenvalue weighted by atomic mass is 9.87. The van der Waals surface area contributed by atoms with E-state index in [1.165, 1.54) is 0 Å². The lowest BCUT2D eigenvalue weighted by Crippen LogP contribution is -2.65. The van der Waals surface area contributed by atoms with E-state index in [0.29, 0.717) is 37.4 Å². The summed E-state index contributed by atoms with van der Waals surface area (Å²) in [5.41, 5.74) is -1.46. The monoisotopic (exact) mass is 491 g/mol. The Morgan fingerprint density at radius 3 is 2.73 bits per heavy atom. The number of nitrogens with one attached hydrogen (secondary N) is 1. The number of carbonyl (C=O) groups excluding carboxylic acids is 1. The molecule has 33 heavy (non-hydrogen) atoms. The maximum absolute atomic E-state index is 13.5. The Hall–Kier alpha value is -2.55. The normalized spacial score (nSPS) is 16.5. The number of amidine groups is 1. The molecule has 1 aliphatic rings. The fourth-order valence-electron chi connectivity index (χ4n) is 3.21. The quantitative estimate of drug-likeness (QED) is 0.121. The molecule has 0 aliphatic carbocycles. The van der Waals surface area contributed by atoms with Gasteiger partial charge in [0.05, 0.1) is 11.3 Å². The first-order valence-corrected chi connectivity index (χ1v) is 10.8. The van der Waals surface area contributed by atoms with Gasteiger partial charge < -0.3 is 5.11 Å². The predicted octanol–water partition coefficient (Wildman–Crippen LogP) is 2.79. The van der Waals surface area contributed by atoms with Gasteiger partial charge >= 0.3 is 6.18 Å². The minimum Gasteiger partial charge on any atom is -0.379 e. The maximum atomic E-state index is 13.5. The summed E-state index contributed by atoms with van der Waals surface area (Å²) in [7, 11) is 0. The van der Waals surface area contributed by atoms with Crippen molar-refractivity contribution in [3.63, 3.8) is 0 Å². The SMILES string of the molecule is CCN1CC(O)(C(=O)CCCSc2nonc2C(=Nc2ccc(F)c(C(F)(F)F)c2)NO)C1. The van der Waals surface area contributed by atoms with E-state index in [9.17, 15) is 32.7 Å². The molecule has 1 aliphatic heterocycles. The van der Waals surface area contributed by atoms with Crippen LogP contribution in [0.5, 0.6) is 0 Å². The molecule has 9 nitrogen and oxygen atoms in total. The predicted molar refractivity (Wildman–Crippen MR) is 109 cm³/mol. The summed E-state index contributed by atoms with van der Waals surface area (Å²) >= 11 is 1.12. The molecule has 3 N–H and O–H groups in total. The van der Waals surface area contributed by atoms with Crippen LogP contribution in [0.4, 0.5) is 23.2 Å². The van der Waals surface area contributed by atoms with Gasteiger partial charge in [0.2, 0.25) is 0 Å². The van der Waals surface area contributed by atoms with Crippen LogP contribution in [0.25, 0.3) is 0 Å². The number of aliphatic hydroxyl groups is 1. The lowest BCUT2D eigenvalue weighted by molar-refractivity contribution is -0.156. The van der Waals surface area contributed by atoms with Crippen molar-refractivity contribution in [2.24, 2.45) is 4.99 Å². The van der Waals surface area contributed by atoms with Crippen molar-refractivity contribution in [1.29, 1.82) is 0 Å². The van der Waals surface area contributed by atoms with E-state index < -0.39 is 23.2 Å². The summed E-state index contributed by atoms with van der Waals surface area (Å²) in [6.07, 6.45) is -4.36. The van der Waals surface area contributed by atoms with E-state index in [-0.39, 0.29) is 34.4 Å². The minimum absolute atomic E-state index is 0.0806. The maximum Gasteiger partial charge on any atom is 0.419 e. The second-order valence-corrected chi connectivity index (χ2v) is 8.45. The summed E-state index contributed by atoms with van der Waals surface area (Å²) in [5, 5.41) is 27.1. The van der Waals surface area contributed by atoms with Gasteiger partial charge in [-0.1, -0.05) is 6.92 Å². The Labute approximate surface area is 189 Å². The molecule has 1 aromatic carbocycles. The van der Waals surface area contributed by atoms with Crippen LogP contribution in [0.3, 0.4) is 0 Å². The molecule has 0 unspecified atom stereocenters. The van der Waals surface area contributed by atoms with Gasteiger partial charge in [-0.15, -0.1) is 11.8 Å². The molecule has 2 aromatic rings. The Bertz CT molecular complexity index is 1020. The Morgan fingerprint density at radius 1 is 1.36 bits per heavy atom. The summed E-state index contributed by atoms with van der Waals surface area (Å²) in [6.45, 7) is 3.32. The second-order valence-electron chi connectivity index (χ2n) is 7.36. The molecule has 0 saturated carbocycles. The van der Waals surface area contributed by atoms with Gasteiger partial charge in [-0.25, -0.2) is 14.0 Å². The number of alkyl halides is 3. The third-order valence-corrected chi connectivity index (χ3v) is 6.04. The number of aliphatic imine (C=N–C) groups is 1. The number of ketones is 1. The van der Waals surface area contributed by atoms with Crippen LogP contribution in [0.1, 0.15) is 31.0 Å². The molecule has 1 aromatic heterocycles. The first-order valence-electron chi connectivity index (χ1n) is 9.86.